The molecule has 0 bridgehead atoms. The largest absolute Gasteiger partial charge is 0.480 e. The van der Waals surface area contributed by atoms with Gasteiger partial charge in [0.15, 0.2) is 0 Å². The zero-order chi connectivity index (χ0) is 17.1. The average Bonchev–Trinajstić information content (AvgIpc) is 2.55. The first kappa shape index (κ1) is 20.3. The molecule has 1 amide bonds. The number of carboxylic acid groups (broad SMARTS) is 1. The summed E-state index contributed by atoms with van der Waals surface area (Å²) in [4.78, 5) is 23.5. The molecule has 1 fully saturated rings. The zero-order valence-electron chi connectivity index (χ0n) is 14.7. The fourth-order valence-electron chi connectivity index (χ4n) is 3.36. The first-order valence-corrected chi connectivity index (χ1v) is 10.5. The Bertz CT molecular complexity index is 354. The van der Waals surface area contributed by atoms with Gasteiger partial charge in [-0.2, -0.15) is 11.8 Å². The van der Waals surface area contributed by atoms with E-state index in [1.165, 1.54) is 32.1 Å². The van der Waals surface area contributed by atoms with Gasteiger partial charge < -0.3 is 10.4 Å². The van der Waals surface area contributed by atoms with Gasteiger partial charge in [-0.25, -0.2) is 4.79 Å². The molecule has 5 heteroatoms. The number of thioether (sulfide) groups is 1. The highest BCUT2D eigenvalue weighted by Crippen LogP contribution is 2.32. The van der Waals surface area contributed by atoms with Crippen molar-refractivity contribution in [2.24, 2.45) is 11.8 Å². The lowest BCUT2D eigenvalue weighted by atomic mass is 9.79. The molecular weight excluding hydrogens is 310 g/mol. The highest BCUT2D eigenvalue weighted by molar-refractivity contribution is 7.98. The van der Waals surface area contributed by atoms with Crippen LogP contribution < -0.4 is 5.32 Å². The number of hydrogen-bond donors (Lipinski definition) is 2. The minimum atomic E-state index is -0.919. The molecule has 1 rings (SSSR count). The summed E-state index contributed by atoms with van der Waals surface area (Å²) in [6, 6.07) is -0.735. The van der Waals surface area contributed by atoms with Crippen LogP contribution in [0.2, 0.25) is 0 Å². The summed E-state index contributed by atoms with van der Waals surface area (Å²) in [7, 11) is 0. The number of nitrogens with one attached hydrogen (secondary N) is 1. The molecule has 1 aliphatic carbocycles. The number of amides is 1. The smallest absolute Gasteiger partial charge is 0.326 e. The predicted octanol–water partition coefficient (Wildman–Crippen LogP) is 4.09. The number of rotatable bonds is 11. The van der Waals surface area contributed by atoms with Gasteiger partial charge in [0.2, 0.25) is 5.91 Å². The summed E-state index contributed by atoms with van der Waals surface area (Å²) in [5, 5.41) is 11.9. The Morgan fingerprint density at radius 1 is 1.17 bits per heavy atom. The van der Waals surface area contributed by atoms with Crippen LogP contribution in [-0.4, -0.2) is 35.0 Å². The lowest BCUT2D eigenvalue weighted by Gasteiger charge is -2.28. The van der Waals surface area contributed by atoms with Crippen molar-refractivity contribution >= 4 is 23.6 Å². The van der Waals surface area contributed by atoms with Gasteiger partial charge in [-0.15, -0.1) is 0 Å². The lowest BCUT2D eigenvalue weighted by molar-refractivity contribution is -0.142. The highest BCUT2D eigenvalue weighted by Gasteiger charge is 2.28. The van der Waals surface area contributed by atoms with E-state index in [0.717, 1.165) is 37.4 Å². The molecule has 0 spiro atoms. The second-order valence-corrected chi connectivity index (χ2v) is 7.73. The summed E-state index contributed by atoms with van der Waals surface area (Å²) < 4.78 is 0. The van der Waals surface area contributed by atoms with Crippen molar-refractivity contribution in [2.75, 3.05) is 12.0 Å². The molecular formula is C18H33NO3S. The molecule has 0 aromatic carbocycles. The first-order chi connectivity index (χ1) is 11.1. The van der Waals surface area contributed by atoms with Crippen LogP contribution in [0.5, 0.6) is 0 Å². The SMILES string of the molecule is CCCCCCC1CCC(C(=O)N[C@H](CCSC)C(=O)O)CC1. The van der Waals surface area contributed by atoms with Gasteiger partial charge in [0.1, 0.15) is 6.04 Å². The third kappa shape index (κ3) is 8.09. The van der Waals surface area contributed by atoms with E-state index in [4.69, 9.17) is 0 Å². The summed E-state index contributed by atoms with van der Waals surface area (Å²) in [5.74, 6) is 0.558. The number of carbonyl (C=O) groups is 2. The maximum absolute atomic E-state index is 12.3. The molecule has 1 aliphatic rings. The van der Waals surface area contributed by atoms with E-state index in [9.17, 15) is 14.7 Å². The van der Waals surface area contributed by atoms with Crippen molar-refractivity contribution in [3.05, 3.63) is 0 Å². The number of carbonyl (C=O) groups excluding carboxylic acids is 1. The zero-order valence-corrected chi connectivity index (χ0v) is 15.5. The minimum absolute atomic E-state index is 0.0121. The maximum Gasteiger partial charge on any atom is 0.326 e. The van der Waals surface area contributed by atoms with Gasteiger partial charge in [-0.1, -0.05) is 39.0 Å². The lowest BCUT2D eigenvalue weighted by Crippen LogP contribution is -2.44. The molecule has 0 unspecified atom stereocenters. The highest BCUT2D eigenvalue weighted by atomic mass is 32.2. The van der Waals surface area contributed by atoms with Gasteiger partial charge >= 0.3 is 5.97 Å². The van der Waals surface area contributed by atoms with Gasteiger partial charge in [-0.05, 0) is 50.0 Å². The van der Waals surface area contributed by atoms with Crippen LogP contribution >= 0.6 is 11.8 Å². The number of carboxylic acids is 1. The van der Waals surface area contributed by atoms with Crippen LogP contribution in [0.25, 0.3) is 0 Å². The third-order valence-corrected chi connectivity index (χ3v) is 5.55. The van der Waals surface area contributed by atoms with Gasteiger partial charge in [0.25, 0.3) is 0 Å². The van der Waals surface area contributed by atoms with E-state index in [0.29, 0.717) is 6.42 Å². The summed E-state index contributed by atoms with van der Waals surface area (Å²) >= 11 is 1.61. The van der Waals surface area contributed by atoms with Crippen molar-refractivity contribution in [1.82, 2.24) is 5.32 Å². The van der Waals surface area contributed by atoms with Crippen LogP contribution in [0.4, 0.5) is 0 Å². The Hall–Kier alpha value is -0.710. The van der Waals surface area contributed by atoms with Crippen LogP contribution in [0.1, 0.15) is 71.1 Å². The number of hydrogen-bond acceptors (Lipinski definition) is 3. The first-order valence-electron chi connectivity index (χ1n) is 9.10. The van der Waals surface area contributed by atoms with E-state index >= 15 is 0 Å². The van der Waals surface area contributed by atoms with Gasteiger partial charge in [-0.3, -0.25) is 4.79 Å². The van der Waals surface area contributed by atoms with Crippen molar-refractivity contribution in [2.45, 2.75) is 77.2 Å². The van der Waals surface area contributed by atoms with Crippen molar-refractivity contribution in [3.8, 4) is 0 Å². The second-order valence-electron chi connectivity index (χ2n) is 6.75. The molecule has 0 aromatic rings. The Balaban J connectivity index is 2.29. The Morgan fingerprint density at radius 2 is 1.87 bits per heavy atom. The van der Waals surface area contributed by atoms with Crippen molar-refractivity contribution in [3.63, 3.8) is 0 Å². The fraction of sp³-hybridized carbons (Fsp3) is 0.889. The van der Waals surface area contributed by atoms with E-state index in [1.807, 2.05) is 6.26 Å². The normalized spacial score (nSPS) is 22.5. The molecule has 0 radical (unpaired) electrons. The molecule has 4 nitrogen and oxygen atoms in total. The molecule has 0 aliphatic heterocycles. The van der Waals surface area contributed by atoms with Gasteiger partial charge in [0.05, 0.1) is 0 Å². The second kappa shape index (κ2) is 11.8. The van der Waals surface area contributed by atoms with Crippen LogP contribution in [-0.2, 0) is 9.59 Å². The van der Waals surface area contributed by atoms with Crippen LogP contribution in [0.15, 0.2) is 0 Å². The molecule has 0 aromatic heterocycles. The molecule has 2 N–H and O–H groups in total. The summed E-state index contributed by atoms with van der Waals surface area (Å²) in [5.41, 5.74) is 0. The van der Waals surface area contributed by atoms with Crippen LogP contribution in [0, 0.1) is 11.8 Å². The standard InChI is InChI=1S/C18H33NO3S/c1-3-4-5-6-7-14-8-10-15(11-9-14)17(20)19-16(18(21)22)12-13-23-2/h14-16H,3-13H2,1-2H3,(H,19,20)(H,21,22)/t14?,15?,16-/m1/s1. The minimum Gasteiger partial charge on any atom is -0.480 e. The Kier molecular flexibility index (Phi) is 10.4. The third-order valence-electron chi connectivity index (χ3n) is 4.91. The average molecular weight is 344 g/mol. The molecule has 1 atom stereocenters. The molecule has 23 heavy (non-hydrogen) atoms. The molecule has 1 saturated carbocycles. The van der Waals surface area contributed by atoms with E-state index in [1.54, 1.807) is 11.8 Å². The number of aliphatic carboxylic acids is 1. The van der Waals surface area contributed by atoms with E-state index < -0.39 is 12.0 Å². The van der Waals surface area contributed by atoms with E-state index in [-0.39, 0.29) is 11.8 Å². The predicted molar refractivity (Wildman–Crippen MR) is 96.8 cm³/mol. The van der Waals surface area contributed by atoms with Crippen LogP contribution in [0.3, 0.4) is 0 Å². The fourth-order valence-corrected chi connectivity index (χ4v) is 3.83. The summed E-state index contributed by atoms with van der Waals surface area (Å²) in [6.45, 7) is 2.23. The van der Waals surface area contributed by atoms with Crippen molar-refractivity contribution in [1.29, 1.82) is 0 Å². The van der Waals surface area contributed by atoms with Crippen molar-refractivity contribution < 1.29 is 14.7 Å². The van der Waals surface area contributed by atoms with E-state index in [2.05, 4.69) is 12.2 Å². The number of unbranched alkanes of at least 4 members (excludes halogenated alkanes) is 3. The maximum atomic E-state index is 12.3. The molecule has 0 saturated heterocycles. The molecule has 134 valence electrons. The van der Waals surface area contributed by atoms with Gasteiger partial charge in [0, 0.05) is 5.92 Å². The molecule has 0 heterocycles. The Labute approximate surface area is 145 Å². The monoisotopic (exact) mass is 343 g/mol. The Morgan fingerprint density at radius 3 is 2.43 bits per heavy atom. The summed E-state index contributed by atoms with van der Waals surface area (Å²) in [6.07, 6.45) is 13.0. The topological polar surface area (TPSA) is 66.4 Å². The quantitative estimate of drug-likeness (QED) is 0.555.